The summed E-state index contributed by atoms with van der Waals surface area (Å²) in [5, 5.41) is 0. The van der Waals surface area contributed by atoms with Gasteiger partial charge in [0.1, 0.15) is 0 Å². The van der Waals surface area contributed by atoms with Crippen LogP contribution in [0.1, 0.15) is 26.5 Å². The number of nitrogens with two attached hydrogens (primary N) is 1. The highest BCUT2D eigenvalue weighted by Gasteiger charge is 2.14. The first-order chi connectivity index (χ1) is 7.40. The smallest absolute Gasteiger partial charge is 0.0950 e. The molecule has 0 unspecified atom stereocenters. The van der Waals surface area contributed by atoms with E-state index in [0.717, 1.165) is 25.3 Å². The molecule has 0 saturated heterocycles. The first-order valence-corrected chi connectivity index (χ1v) is 5.80. The molecule has 92 valence electrons. The fourth-order valence-electron chi connectivity index (χ4n) is 1.90. The molecule has 0 saturated carbocycles. The third-order valence-electron chi connectivity index (χ3n) is 2.25. The minimum atomic E-state index is 0.328. The summed E-state index contributed by atoms with van der Waals surface area (Å²) >= 11 is 0. The number of hydrogen-bond donors (Lipinski definition) is 1. The Kier molecular flexibility index (Phi) is 4.50. The van der Waals surface area contributed by atoms with Gasteiger partial charge >= 0.3 is 0 Å². The Balaban J connectivity index is 2.46. The van der Waals surface area contributed by atoms with Gasteiger partial charge in [-0.05, 0) is 12.5 Å². The van der Waals surface area contributed by atoms with Gasteiger partial charge in [-0.3, -0.25) is 4.90 Å². The number of rotatable bonds is 5. The van der Waals surface area contributed by atoms with E-state index in [4.69, 9.17) is 5.73 Å². The van der Waals surface area contributed by atoms with Gasteiger partial charge < -0.3 is 10.3 Å². The standard InChI is InChI=1S/C12H24N4/c1-12(2,3)9-15(4)7-11-8-16(6-5-13)10-14-11/h8,10H,5-7,9,13H2,1-4H3. The first-order valence-electron chi connectivity index (χ1n) is 5.80. The van der Waals surface area contributed by atoms with Crippen molar-refractivity contribution in [2.45, 2.75) is 33.9 Å². The molecule has 0 spiro atoms. The van der Waals surface area contributed by atoms with E-state index >= 15 is 0 Å². The molecule has 0 aliphatic carbocycles. The number of nitrogens with zero attached hydrogens (tertiary/aromatic N) is 3. The summed E-state index contributed by atoms with van der Waals surface area (Å²) in [6.45, 7) is 10.2. The third kappa shape index (κ3) is 4.77. The molecule has 0 fully saturated rings. The van der Waals surface area contributed by atoms with E-state index in [1.165, 1.54) is 0 Å². The molecule has 0 bridgehead atoms. The largest absolute Gasteiger partial charge is 0.336 e. The predicted molar refractivity (Wildman–Crippen MR) is 67.1 cm³/mol. The lowest BCUT2D eigenvalue weighted by Crippen LogP contribution is -2.28. The fraction of sp³-hybridized carbons (Fsp3) is 0.750. The molecule has 2 N–H and O–H groups in total. The van der Waals surface area contributed by atoms with Gasteiger partial charge in [0.05, 0.1) is 12.0 Å². The molecule has 16 heavy (non-hydrogen) atoms. The van der Waals surface area contributed by atoms with Crippen LogP contribution in [-0.2, 0) is 13.1 Å². The molecule has 0 aromatic carbocycles. The van der Waals surface area contributed by atoms with Crippen molar-refractivity contribution in [2.75, 3.05) is 20.1 Å². The molecule has 1 rings (SSSR count). The number of imidazole rings is 1. The van der Waals surface area contributed by atoms with Crippen molar-refractivity contribution in [3.63, 3.8) is 0 Å². The van der Waals surface area contributed by atoms with Crippen molar-refractivity contribution in [1.82, 2.24) is 14.5 Å². The van der Waals surface area contributed by atoms with E-state index < -0.39 is 0 Å². The van der Waals surface area contributed by atoms with Gasteiger partial charge in [-0.15, -0.1) is 0 Å². The summed E-state index contributed by atoms with van der Waals surface area (Å²) in [5.41, 5.74) is 6.93. The average Bonchev–Trinajstić information content (AvgIpc) is 2.49. The topological polar surface area (TPSA) is 47.1 Å². The summed E-state index contributed by atoms with van der Waals surface area (Å²) in [4.78, 5) is 6.67. The highest BCUT2D eigenvalue weighted by Crippen LogP contribution is 2.15. The maximum absolute atomic E-state index is 5.50. The molecular formula is C12H24N4. The molecule has 0 aliphatic heterocycles. The van der Waals surface area contributed by atoms with Crippen LogP contribution < -0.4 is 5.73 Å². The van der Waals surface area contributed by atoms with Crippen molar-refractivity contribution in [3.05, 3.63) is 18.2 Å². The molecule has 0 radical (unpaired) electrons. The second-order valence-corrected chi connectivity index (χ2v) is 5.62. The maximum atomic E-state index is 5.50. The van der Waals surface area contributed by atoms with Crippen LogP contribution in [0.25, 0.3) is 0 Å². The van der Waals surface area contributed by atoms with Gasteiger partial charge in [-0.25, -0.2) is 4.98 Å². The van der Waals surface area contributed by atoms with Crippen LogP contribution in [0.5, 0.6) is 0 Å². The van der Waals surface area contributed by atoms with Crippen molar-refractivity contribution in [2.24, 2.45) is 11.1 Å². The van der Waals surface area contributed by atoms with E-state index in [9.17, 15) is 0 Å². The van der Waals surface area contributed by atoms with Crippen LogP contribution in [0.4, 0.5) is 0 Å². The maximum Gasteiger partial charge on any atom is 0.0950 e. The SMILES string of the molecule is CN(Cc1cn(CCN)cn1)CC(C)(C)C. The molecule has 1 heterocycles. The zero-order valence-electron chi connectivity index (χ0n) is 10.9. The van der Waals surface area contributed by atoms with Gasteiger partial charge in [0.2, 0.25) is 0 Å². The summed E-state index contributed by atoms with van der Waals surface area (Å²) < 4.78 is 2.04. The highest BCUT2D eigenvalue weighted by molar-refractivity contribution is 4.96. The lowest BCUT2D eigenvalue weighted by Gasteiger charge is -2.25. The summed E-state index contributed by atoms with van der Waals surface area (Å²) in [6.07, 6.45) is 3.93. The van der Waals surface area contributed by atoms with Crippen LogP contribution in [0, 0.1) is 5.41 Å². The van der Waals surface area contributed by atoms with Crippen LogP contribution in [0.2, 0.25) is 0 Å². The Morgan fingerprint density at radius 1 is 1.44 bits per heavy atom. The quantitative estimate of drug-likeness (QED) is 0.820. The molecular weight excluding hydrogens is 200 g/mol. The first kappa shape index (κ1) is 13.2. The van der Waals surface area contributed by atoms with Crippen molar-refractivity contribution in [3.8, 4) is 0 Å². The van der Waals surface area contributed by atoms with Gasteiger partial charge in [0.15, 0.2) is 0 Å². The van der Waals surface area contributed by atoms with Gasteiger partial charge in [-0.2, -0.15) is 0 Å². The Hall–Kier alpha value is -0.870. The van der Waals surface area contributed by atoms with Crippen molar-refractivity contribution < 1.29 is 0 Å². The molecule has 0 amide bonds. The molecule has 1 aromatic rings. The molecule has 4 heteroatoms. The van der Waals surface area contributed by atoms with E-state index in [0.29, 0.717) is 12.0 Å². The lowest BCUT2D eigenvalue weighted by molar-refractivity contribution is 0.219. The second kappa shape index (κ2) is 5.46. The minimum absolute atomic E-state index is 0.328. The number of aromatic nitrogens is 2. The zero-order chi connectivity index (χ0) is 12.2. The fourth-order valence-corrected chi connectivity index (χ4v) is 1.90. The van der Waals surface area contributed by atoms with E-state index in [-0.39, 0.29) is 0 Å². The van der Waals surface area contributed by atoms with E-state index in [2.05, 4.69) is 43.9 Å². The monoisotopic (exact) mass is 224 g/mol. The predicted octanol–water partition coefficient (Wildman–Crippen LogP) is 1.32. The summed E-state index contributed by atoms with van der Waals surface area (Å²) in [5.74, 6) is 0. The Morgan fingerprint density at radius 3 is 2.69 bits per heavy atom. The number of hydrogen-bond acceptors (Lipinski definition) is 3. The molecule has 1 aromatic heterocycles. The van der Waals surface area contributed by atoms with Gasteiger partial charge in [-0.1, -0.05) is 20.8 Å². The normalized spacial score (nSPS) is 12.4. The molecule has 0 atom stereocenters. The van der Waals surface area contributed by atoms with E-state index in [1.54, 1.807) is 0 Å². The van der Waals surface area contributed by atoms with Crippen molar-refractivity contribution in [1.29, 1.82) is 0 Å². The zero-order valence-corrected chi connectivity index (χ0v) is 10.9. The Bertz CT molecular complexity index is 311. The van der Waals surface area contributed by atoms with Crippen LogP contribution in [0.3, 0.4) is 0 Å². The second-order valence-electron chi connectivity index (χ2n) is 5.62. The minimum Gasteiger partial charge on any atom is -0.336 e. The van der Waals surface area contributed by atoms with Crippen LogP contribution in [-0.4, -0.2) is 34.6 Å². The average molecular weight is 224 g/mol. The molecule has 4 nitrogen and oxygen atoms in total. The van der Waals surface area contributed by atoms with E-state index in [1.807, 2.05) is 10.9 Å². The van der Waals surface area contributed by atoms with Gasteiger partial charge in [0, 0.05) is 32.4 Å². The van der Waals surface area contributed by atoms with Gasteiger partial charge in [0.25, 0.3) is 0 Å². The van der Waals surface area contributed by atoms with Crippen LogP contribution >= 0.6 is 0 Å². The van der Waals surface area contributed by atoms with Crippen LogP contribution in [0.15, 0.2) is 12.5 Å². The summed E-state index contributed by atoms with van der Waals surface area (Å²) in [6, 6.07) is 0. The lowest BCUT2D eigenvalue weighted by atomic mass is 9.96. The summed E-state index contributed by atoms with van der Waals surface area (Å²) in [7, 11) is 2.13. The van der Waals surface area contributed by atoms with Crippen molar-refractivity contribution >= 4 is 0 Å². The Morgan fingerprint density at radius 2 is 2.12 bits per heavy atom. The highest BCUT2D eigenvalue weighted by atomic mass is 15.1. The molecule has 0 aliphatic rings. The Labute approximate surface area is 98.5 Å². The third-order valence-corrected chi connectivity index (χ3v) is 2.25.